The molecule has 0 aromatic heterocycles. The molecule has 0 spiro atoms. The largest absolute Gasteiger partial charge is 0.496 e. The normalized spacial score (nSPS) is 10.9. The molecule has 0 aliphatic carbocycles. The lowest BCUT2D eigenvalue weighted by atomic mass is 10.1. The van der Waals surface area contributed by atoms with E-state index in [2.05, 4.69) is 16.0 Å². The fourth-order valence-electron chi connectivity index (χ4n) is 3.81. The highest BCUT2D eigenvalue weighted by atomic mass is 35.5. The van der Waals surface area contributed by atoms with E-state index in [4.69, 9.17) is 21.4 Å². The van der Waals surface area contributed by atoms with Crippen LogP contribution in [0, 0.1) is 0 Å². The molecule has 0 aliphatic heterocycles. The highest BCUT2D eigenvalue weighted by Crippen LogP contribution is 2.25. The summed E-state index contributed by atoms with van der Waals surface area (Å²) in [6.07, 6.45) is 1.54. The molecule has 0 saturated carbocycles. The molecule has 11 heteroatoms. The molecule has 0 atom stereocenters. The number of benzene rings is 4. The topological polar surface area (TPSA) is 134 Å². The van der Waals surface area contributed by atoms with Gasteiger partial charge in [0.05, 0.1) is 29.1 Å². The number of carbonyl (C=O) groups is 4. The maximum Gasteiger partial charge on any atom is 0.335 e. The third-order valence-corrected chi connectivity index (χ3v) is 7.28. The highest BCUT2D eigenvalue weighted by molar-refractivity contribution is 8.00. The first-order valence-corrected chi connectivity index (χ1v) is 14.2. The smallest absolute Gasteiger partial charge is 0.335 e. The number of ether oxygens (including phenoxy) is 1. The van der Waals surface area contributed by atoms with Crippen LogP contribution in [0.15, 0.2) is 108 Å². The van der Waals surface area contributed by atoms with Gasteiger partial charge in [-0.25, -0.2) is 4.79 Å². The van der Waals surface area contributed by atoms with Crippen molar-refractivity contribution in [2.75, 3.05) is 23.5 Å². The van der Waals surface area contributed by atoms with Crippen molar-refractivity contribution in [3.63, 3.8) is 0 Å². The molecule has 0 unspecified atom stereocenters. The van der Waals surface area contributed by atoms with Gasteiger partial charge < -0.3 is 25.8 Å². The molecule has 0 aliphatic rings. The predicted octanol–water partition coefficient (Wildman–Crippen LogP) is 6.19. The lowest BCUT2D eigenvalue weighted by molar-refractivity contribution is -0.114. The number of para-hydroxylation sites is 1. The number of rotatable bonds is 11. The monoisotopic (exact) mass is 615 g/mol. The third kappa shape index (κ3) is 8.71. The Labute approximate surface area is 256 Å². The predicted molar refractivity (Wildman–Crippen MR) is 168 cm³/mol. The minimum absolute atomic E-state index is 0.00512. The number of carboxylic acid groups (broad SMARTS) is 1. The van der Waals surface area contributed by atoms with Crippen LogP contribution in [0.3, 0.4) is 0 Å². The second-order valence-corrected chi connectivity index (χ2v) is 10.4. The zero-order chi connectivity index (χ0) is 30.8. The van der Waals surface area contributed by atoms with Crippen molar-refractivity contribution in [2.45, 2.75) is 4.90 Å². The number of hydrogen-bond acceptors (Lipinski definition) is 6. The lowest BCUT2D eigenvalue weighted by Gasteiger charge is -2.13. The second kappa shape index (κ2) is 14.7. The number of carboxylic acids is 1. The van der Waals surface area contributed by atoms with Gasteiger partial charge in [-0.1, -0.05) is 48.0 Å². The summed E-state index contributed by atoms with van der Waals surface area (Å²) < 4.78 is 5.39. The van der Waals surface area contributed by atoms with Crippen molar-refractivity contribution >= 4 is 64.5 Å². The van der Waals surface area contributed by atoms with E-state index < -0.39 is 17.8 Å². The van der Waals surface area contributed by atoms with Gasteiger partial charge in [-0.05, 0) is 66.7 Å². The molecule has 0 radical (unpaired) electrons. The minimum Gasteiger partial charge on any atom is -0.496 e. The molecular weight excluding hydrogens is 590 g/mol. The Morgan fingerprint density at radius 3 is 2.26 bits per heavy atom. The van der Waals surface area contributed by atoms with Crippen LogP contribution in [-0.2, 0) is 9.59 Å². The molecule has 0 heterocycles. The van der Waals surface area contributed by atoms with Crippen LogP contribution >= 0.6 is 23.4 Å². The zero-order valence-corrected chi connectivity index (χ0v) is 24.4. The highest BCUT2D eigenvalue weighted by Gasteiger charge is 2.16. The molecule has 9 nitrogen and oxygen atoms in total. The van der Waals surface area contributed by atoms with Gasteiger partial charge in [0.15, 0.2) is 0 Å². The maximum atomic E-state index is 13.3. The van der Waals surface area contributed by atoms with Crippen LogP contribution in [0.2, 0.25) is 5.02 Å². The van der Waals surface area contributed by atoms with Crippen molar-refractivity contribution in [3.8, 4) is 5.75 Å². The summed E-state index contributed by atoms with van der Waals surface area (Å²) in [6.45, 7) is 0. The summed E-state index contributed by atoms with van der Waals surface area (Å²) >= 11 is 7.32. The third-order valence-electron chi connectivity index (χ3n) is 5.94. The van der Waals surface area contributed by atoms with E-state index in [0.717, 1.165) is 4.90 Å². The van der Waals surface area contributed by atoms with E-state index in [0.29, 0.717) is 22.6 Å². The molecule has 0 saturated heterocycles. The molecule has 4 N–H and O–H groups in total. The summed E-state index contributed by atoms with van der Waals surface area (Å²) in [4.78, 5) is 50.6. The Balaban J connectivity index is 1.42. The molecule has 4 aromatic rings. The van der Waals surface area contributed by atoms with Crippen LogP contribution in [0.1, 0.15) is 26.3 Å². The van der Waals surface area contributed by atoms with Crippen molar-refractivity contribution in [2.24, 2.45) is 0 Å². The van der Waals surface area contributed by atoms with Gasteiger partial charge in [0.2, 0.25) is 5.91 Å². The molecule has 3 amide bonds. The second-order valence-electron chi connectivity index (χ2n) is 8.94. The van der Waals surface area contributed by atoms with Gasteiger partial charge in [-0.2, -0.15) is 0 Å². The Kier molecular flexibility index (Phi) is 10.6. The number of hydrogen-bond donors (Lipinski definition) is 4. The lowest BCUT2D eigenvalue weighted by Crippen LogP contribution is -2.30. The number of carbonyl (C=O) groups excluding carboxylic acids is 3. The Hall–Kier alpha value is -5.06. The average molecular weight is 616 g/mol. The Bertz CT molecular complexity index is 1680. The SMILES string of the molecule is COc1ccccc1/C=C(\NC(=O)c1ccccc1)C(=O)Nc1ccc(SCC(=O)Nc2cc(C(=O)O)ccc2Cl)cc1. The van der Waals surface area contributed by atoms with Gasteiger partial charge in [0.25, 0.3) is 11.8 Å². The Morgan fingerprint density at radius 2 is 1.56 bits per heavy atom. The van der Waals surface area contributed by atoms with Crippen molar-refractivity contribution in [1.82, 2.24) is 5.32 Å². The summed E-state index contributed by atoms with van der Waals surface area (Å²) in [5, 5.41) is 17.5. The van der Waals surface area contributed by atoms with E-state index in [1.54, 1.807) is 78.9 Å². The van der Waals surface area contributed by atoms with Crippen LogP contribution in [0.4, 0.5) is 11.4 Å². The van der Waals surface area contributed by atoms with E-state index in [9.17, 15) is 19.2 Å². The first-order valence-electron chi connectivity index (χ1n) is 12.8. The maximum absolute atomic E-state index is 13.3. The number of thioether (sulfide) groups is 1. The summed E-state index contributed by atoms with van der Waals surface area (Å²) in [5.41, 5.74) is 1.69. The standard InChI is InChI=1S/C32H26ClN3O6S/c1-42-28-10-6-5-9-21(28)17-27(36-30(38)20-7-3-2-4-8-20)31(39)34-23-12-14-24(15-13-23)43-19-29(37)35-26-18-22(32(40)41)11-16-25(26)33/h2-18H,19H2,1H3,(H,34,39)(H,35,37)(H,36,38)(H,40,41)/b27-17-. The van der Waals surface area contributed by atoms with Crippen molar-refractivity contribution in [3.05, 3.63) is 124 Å². The summed E-state index contributed by atoms with van der Waals surface area (Å²) in [7, 11) is 1.52. The number of methoxy groups -OCH3 is 1. The van der Waals surface area contributed by atoms with Crippen molar-refractivity contribution < 1.29 is 29.0 Å². The van der Waals surface area contributed by atoms with E-state index in [-0.39, 0.29) is 33.6 Å². The van der Waals surface area contributed by atoms with Crippen LogP contribution in [0.25, 0.3) is 6.08 Å². The van der Waals surface area contributed by atoms with Gasteiger partial charge in [-0.15, -0.1) is 11.8 Å². The van der Waals surface area contributed by atoms with Gasteiger partial charge in [0, 0.05) is 21.7 Å². The first kappa shape index (κ1) is 30.9. The number of halogens is 1. The molecule has 0 bridgehead atoms. The average Bonchev–Trinajstić information content (AvgIpc) is 3.02. The number of nitrogens with one attached hydrogen (secondary N) is 3. The minimum atomic E-state index is -1.13. The fourth-order valence-corrected chi connectivity index (χ4v) is 4.67. The molecule has 4 rings (SSSR count). The summed E-state index contributed by atoms with van der Waals surface area (Å²) in [6, 6.07) is 26.5. The number of anilines is 2. The molecule has 43 heavy (non-hydrogen) atoms. The molecule has 4 aromatic carbocycles. The number of amides is 3. The first-order chi connectivity index (χ1) is 20.7. The number of aromatic carboxylic acids is 1. The van der Waals surface area contributed by atoms with Crippen LogP contribution < -0.4 is 20.7 Å². The van der Waals surface area contributed by atoms with Crippen molar-refractivity contribution in [1.29, 1.82) is 0 Å². The van der Waals surface area contributed by atoms with Gasteiger partial charge >= 0.3 is 5.97 Å². The molecular formula is C32H26ClN3O6S. The molecule has 0 fully saturated rings. The van der Waals surface area contributed by atoms with Gasteiger partial charge in [0.1, 0.15) is 11.4 Å². The Morgan fingerprint density at radius 1 is 0.860 bits per heavy atom. The van der Waals surface area contributed by atoms with E-state index in [1.807, 2.05) is 0 Å². The van der Waals surface area contributed by atoms with Crippen LogP contribution in [0.5, 0.6) is 5.75 Å². The quantitative estimate of drug-likeness (QED) is 0.117. The summed E-state index contributed by atoms with van der Waals surface area (Å²) in [5.74, 6) is -1.92. The van der Waals surface area contributed by atoms with Gasteiger partial charge in [-0.3, -0.25) is 14.4 Å². The fraction of sp³-hybridized carbons (Fsp3) is 0.0625. The zero-order valence-electron chi connectivity index (χ0n) is 22.8. The van der Waals surface area contributed by atoms with Crippen LogP contribution in [-0.4, -0.2) is 41.7 Å². The van der Waals surface area contributed by atoms with E-state index >= 15 is 0 Å². The molecule has 218 valence electrons. The van der Waals surface area contributed by atoms with E-state index in [1.165, 1.54) is 43.1 Å².